The summed E-state index contributed by atoms with van der Waals surface area (Å²) in [5.41, 5.74) is 7.61. The van der Waals surface area contributed by atoms with E-state index in [1.54, 1.807) is 0 Å². The van der Waals surface area contributed by atoms with Gasteiger partial charge in [-0.2, -0.15) is 0 Å². The van der Waals surface area contributed by atoms with E-state index < -0.39 is 17.0 Å². The molecule has 11 heteroatoms. The van der Waals surface area contributed by atoms with Crippen molar-refractivity contribution in [3.05, 3.63) is 55.7 Å². The zero-order valence-corrected chi connectivity index (χ0v) is 18.4. The molecule has 0 saturated heterocycles. The van der Waals surface area contributed by atoms with Crippen molar-refractivity contribution in [3.63, 3.8) is 0 Å². The van der Waals surface area contributed by atoms with Crippen LogP contribution in [0.2, 0.25) is 0 Å². The molecule has 0 saturated carbocycles. The second kappa shape index (κ2) is 9.26. The molecule has 30 heavy (non-hydrogen) atoms. The summed E-state index contributed by atoms with van der Waals surface area (Å²) in [6.07, 6.45) is 0.638. The van der Waals surface area contributed by atoms with Crippen LogP contribution in [0.3, 0.4) is 0 Å². The monoisotopic (exact) mass is 446 g/mol. The lowest BCUT2D eigenvalue weighted by Gasteiger charge is -2.10. The van der Waals surface area contributed by atoms with E-state index in [2.05, 4.69) is 20.5 Å². The van der Waals surface area contributed by atoms with Crippen LogP contribution in [0.1, 0.15) is 34.8 Å². The number of carbonyl (C=O) groups is 1. The predicted molar refractivity (Wildman–Crippen MR) is 120 cm³/mol. The molecule has 2 heterocycles. The van der Waals surface area contributed by atoms with E-state index >= 15 is 0 Å². The number of Topliss-reactive ketones (excluding diaryl/α,β-unsaturated/α-hetero) is 1. The van der Waals surface area contributed by atoms with E-state index in [-0.39, 0.29) is 17.1 Å². The summed E-state index contributed by atoms with van der Waals surface area (Å²) in [7, 11) is 0. The molecule has 0 spiro atoms. The van der Waals surface area contributed by atoms with E-state index in [9.17, 15) is 14.4 Å². The van der Waals surface area contributed by atoms with Gasteiger partial charge in [-0.1, -0.05) is 36.1 Å². The Morgan fingerprint density at radius 3 is 2.73 bits per heavy atom. The maximum Gasteiger partial charge on any atom is 0.329 e. The highest BCUT2D eigenvalue weighted by Gasteiger charge is 2.20. The number of carbonyl (C=O) groups excluding carboxylic acids is 1. The summed E-state index contributed by atoms with van der Waals surface area (Å²) in [4.78, 5) is 38.8. The molecule has 0 radical (unpaired) electrons. The topological polar surface area (TPSA) is 136 Å². The van der Waals surface area contributed by atoms with Crippen LogP contribution in [0.4, 0.5) is 16.6 Å². The van der Waals surface area contributed by atoms with Gasteiger partial charge in [0.25, 0.3) is 5.56 Å². The van der Waals surface area contributed by atoms with Gasteiger partial charge in [-0.25, -0.2) is 4.79 Å². The highest BCUT2D eigenvalue weighted by atomic mass is 32.2. The molecule has 0 aliphatic rings. The van der Waals surface area contributed by atoms with Crippen LogP contribution in [-0.2, 0) is 6.54 Å². The molecule has 4 N–H and O–H groups in total. The van der Waals surface area contributed by atoms with Crippen LogP contribution in [-0.4, -0.2) is 31.3 Å². The molecular formula is C19H22N6O3S2. The Labute approximate surface area is 180 Å². The number of nitrogens with one attached hydrogen (secondary N) is 2. The van der Waals surface area contributed by atoms with Crippen LogP contribution in [0.25, 0.3) is 0 Å². The highest BCUT2D eigenvalue weighted by molar-refractivity contribution is 8.01. The van der Waals surface area contributed by atoms with Gasteiger partial charge in [-0.05, 0) is 43.5 Å². The van der Waals surface area contributed by atoms with Crippen LogP contribution < -0.4 is 22.3 Å². The van der Waals surface area contributed by atoms with Crippen molar-refractivity contribution in [3.8, 4) is 0 Å². The fourth-order valence-corrected chi connectivity index (χ4v) is 4.41. The lowest BCUT2D eigenvalue weighted by Crippen LogP contribution is -2.36. The number of benzene rings is 1. The van der Waals surface area contributed by atoms with Crippen LogP contribution in [0.15, 0.2) is 32.1 Å². The fourth-order valence-electron chi connectivity index (χ4n) is 2.76. The number of aryl methyl sites for hydroxylation is 2. The number of nitrogens with zero attached hydrogens (tertiary/aromatic N) is 3. The van der Waals surface area contributed by atoms with Gasteiger partial charge in [0.2, 0.25) is 5.13 Å². The number of aromatic amines is 1. The number of hydrogen-bond donors (Lipinski definition) is 3. The van der Waals surface area contributed by atoms with Crippen molar-refractivity contribution in [1.29, 1.82) is 0 Å². The third kappa shape index (κ3) is 4.79. The molecule has 1 aromatic carbocycles. The van der Waals surface area contributed by atoms with E-state index in [0.29, 0.717) is 22.4 Å². The Morgan fingerprint density at radius 1 is 1.27 bits per heavy atom. The minimum Gasteiger partial charge on any atom is -0.384 e. The summed E-state index contributed by atoms with van der Waals surface area (Å²) in [6.45, 7) is 6.26. The minimum absolute atomic E-state index is 0.0458. The van der Waals surface area contributed by atoms with Crippen LogP contribution in [0, 0.1) is 13.8 Å². The summed E-state index contributed by atoms with van der Waals surface area (Å²) in [5.74, 6) is -0.622. The predicted octanol–water partition coefficient (Wildman–Crippen LogP) is 2.72. The molecular weight excluding hydrogens is 424 g/mol. The Hall–Kier alpha value is -2.92. The molecule has 9 nitrogen and oxygen atoms in total. The summed E-state index contributed by atoms with van der Waals surface area (Å²) in [5, 5.41) is 11.9. The number of H-pyrrole nitrogens is 1. The van der Waals surface area contributed by atoms with E-state index in [0.717, 1.165) is 23.0 Å². The van der Waals surface area contributed by atoms with Crippen molar-refractivity contribution in [2.75, 3.05) is 16.8 Å². The summed E-state index contributed by atoms with van der Waals surface area (Å²) < 4.78 is 1.78. The molecule has 0 fully saturated rings. The third-order valence-electron chi connectivity index (χ3n) is 4.46. The number of nitrogen functional groups attached to an aromatic ring is 1. The van der Waals surface area contributed by atoms with Gasteiger partial charge in [0.15, 0.2) is 10.1 Å². The lowest BCUT2D eigenvalue weighted by atomic mass is 10.1. The maximum absolute atomic E-state index is 12.6. The summed E-state index contributed by atoms with van der Waals surface area (Å²) in [6, 6.07) is 6.00. The molecule has 2 aromatic heterocycles. The molecule has 0 atom stereocenters. The first-order valence-corrected chi connectivity index (χ1v) is 11.1. The van der Waals surface area contributed by atoms with Gasteiger partial charge >= 0.3 is 5.69 Å². The SMILES string of the molecule is CCCn1c(N)c(C(=O)CSc2nnc(Nc3ccc(C)c(C)c3)s2)c(=O)[nH]c1=O. The first-order chi connectivity index (χ1) is 14.3. The van der Waals surface area contributed by atoms with Crippen molar-refractivity contribution in [2.24, 2.45) is 0 Å². The Balaban J connectivity index is 1.70. The average molecular weight is 447 g/mol. The Morgan fingerprint density at radius 2 is 2.03 bits per heavy atom. The number of thioether (sulfide) groups is 1. The van der Waals surface area contributed by atoms with Gasteiger partial charge in [-0.3, -0.25) is 19.1 Å². The first kappa shape index (κ1) is 21.8. The van der Waals surface area contributed by atoms with Crippen molar-refractivity contribution >= 4 is 45.5 Å². The molecule has 158 valence electrons. The van der Waals surface area contributed by atoms with Gasteiger partial charge in [0.05, 0.1) is 5.75 Å². The van der Waals surface area contributed by atoms with Crippen LogP contribution >= 0.6 is 23.1 Å². The van der Waals surface area contributed by atoms with Gasteiger partial charge < -0.3 is 11.1 Å². The van der Waals surface area contributed by atoms with E-state index in [1.165, 1.54) is 21.5 Å². The second-order valence-electron chi connectivity index (χ2n) is 6.68. The van der Waals surface area contributed by atoms with Gasteiger partial charge in [0.1, 0.15) is 11.4 Å². The minimum atomic E-state index is -0.773. The molecule has 3 aromatic rings. The van der Waals surface area contributed by atoms with Crippen LogP contribution in [0.5, 0.6) is 0 Å². The largest absolute Gasteiger partial charge is 0.384 e. The summed E-state index contributed by atoms with van der Waals surface area (Å²) >= 11 is 2.46. The van der Waals surface area contributed by atoms with Crippen molar-refractivity contribution in [1.82, 2.24) is 19.7 Å². The molecule has 0 unspecified atom stereocenters. The zero-order chi connectivity index (χ0) is 21.8. The average Bonchev–Trinajstić information content (AvgIpc) is 3.13. The fraction of sp³-hybridized carbons (Fsp3) is 0.316. The maximum atomic E-state index is 12.6. The highest BCUT2D eigenvalue weighted by Crippen LogP contribution is 2.28. The van der Waals surface area contributed by atoms with E-state index in [4.69, 9.17) is 5.73 Å². The molecule has 3 rings (SSSR count). The number of nitrogens with two attached hydrogens (primary N) is 1. The number of aromatic nitrogens is 4. The van der Waals surface area contributed by atoms with Gasteiger partial charge in [0, 0.05) is 12.2 Å². The first-order valence-electron chi connectivity index (χ1n) is 9.26. The molecule has 0 aliphatic heterocycles. The molecule has 0 bridgehead atoms. The Bertz CT molecular complexity index is 1200. The smallest absolute Gasteiger partial charge is 0.329 e. The molecule has 0 aliphatic carbocycles. The molecule has 0 amide bonds. The normalized spacial score (nSPS) is 10.9. The number of hydrogen-bond acceptors (Lipinski definition) is 9. The lowest BCUT2D eigenvalue weighted by molar-refractivity contribution is 0.102. The van der Waals surface area contributed by atoms with Gasteiger partial charge in [-0.15, -0.1) is 10.2 Å². The van der Waals surface area contributed by atoms with Crippen molar-refractivity contribution < 1.29 is 4.79 Å². The second-order valence-corrected chi connectivity index (χ2v) is 8.88. The third-order valence-corrected chi connectivity index (χ3v) is 6.43. The van der Waals surface area contributed by atoms with Crippen molar-refractivity contribution in [2.45, 2.75) is 38.1 Å². The van der Waals surface area contributed by atoms with E-state index in [1.807, 2.05) is 39.0 Å². The zero-order valence-electron chi connectivity index (χ0n) is 16.8. The quantitative estimate of drug-likeness (QED) is 0.355. The number of rotatable bonds is 8. The number of ketones is 1. The standard InChI is InChI=1S/C19H22N6O3S2/c1-4-7-25-15(20)14(16(27)22-18(25)28)13(26)9-29-19-24-23-17(30-19)21-12-6-5-10(2)11(3)8-12/h5-6,8H,4,7,9,20H2,1-3H3,(H,21,23)(H,22,27,28). The number of anilines is 3. The Kier molecular flexibility index (Phi) is 6.73.